The Labute approximate surface area is 186 Å². The summed E-state index contributed by atoms with van der Waals surface area (Å²) in [6.07, 6.45) is 0.570. The number of rotatable bonds is 3. The Morgan fingerprint density at radius 1 is 1.03 bits per heavy atom. The van der Waals surface area contributed by atoms with Crippen molar-refractivity contribution < 1.29 is 4.79 Å². The number of para-hydroxylation sites is 2. The summed E-state index contributed by atoms with van der Waals surface area (Å²) in [4.78, 5) is 21.4. The molecule has 1 aromatic heterocycles. The molecule has 1 N–H and O–H groups in total. The molecule has 5 nitrogen and oxygen atoms in total. The lowest BCUT2D eigenvalue weighted by Gasteiger charge is -2.20. The summed E-state index contributed by atoms with van der Waals surface area (Å²) < 4.78 is 0.993. The van der Waals surface area contributed by atoms with E-state index in [1.54, 1.807) is 24.3 Å². The van der Waals surface area contributed by atoms with Gasteiger partial charge in [-0.15, -0.1) is 0 Å². The Balaban J connectivity index is 1.56. The molecular weight excluding hydrogens is 464 g/mol. The van der Waals surface area contributed by atoms with Crippen LogP contribution in [0.25, 0.3) is 11.0 Å². The first-order valence-electron chi connectivity index (χ1n) is 9.46. The Kier molecular flexibility index (Phi) is 4.89. The lowest BCUT2D eigenvalue weighted by atomic mass is 10.0. The van der Waals surface area contributed by atoms with Gasteiger partial charge in [-0.1, -0.05) is 51.8 Å². The Bertz CT molecular complexity index is 1230. The van der Waals surface area contributed by atoms with Crippen molar-refractivity contribution in [1.82, 2.24) is 15.0 Å². The third kappa shape index (κ3) is 3.53. The van der Waals surface area contributed by atoms with Gasteiger partial charge in [0.25, 0.3) is 5.91 Å². The van der Waals surface area contributed by atoms with E-state index in [4.69, 9.17) is 21.7 Å². The maximum absolute atomic E-state index is 13.3. The first-order chi connectivity index (χ1) is 14.6. The predicted molar refractivity (Wildman–Crippen MR) is 122 cm³/mol. The quantitative estimate of drug-likeness (QED) is 0.393. The van der Waals surface area contributed by atoms with Crippen LogP contribution in [0.5, 0.6) is 0 Å². The fourth-order valence-corrected chi connectivity index (χ4v) is 3.97. The van der Waals surface area contributed by atoms with Crippen LogP contribution in [0.3, 0.4) is 0 Å². The van der Waals surface area contributed by atoms with Crippen LogP contribution >= 0.6 is 27.5 Å². The van der Waals surface area contributed by atoms with E-state index in [-0.39, 0.29) is 11.9 Å². The van der Waals surface area contributed by atoms with E-state index in [2.05, 4.69) is 20.9 Å². The minimum Gasteiger partial charge on any atom is -0.340 e. The number of halogens is 2. The second-order valence-corrected chi connectivity index (χ2v) is 8.42. The molecule has 3 aromatic carbocycles. The van der Waals surface area contributed by atoms with Crippen LogP contribution in [-0.2, 0) is 0 Å². The molecule has 4 aromatic rings. The van der Waals surface area contributed by atoms with Gasteiger partial charge in [0.05, 0.1) is 16.7 Å². The van der Waals surface area contributed by atoms with Crippen molar-refractivity contribution in [3.05, 3.63) is 99.2 Å². The largest absolute Gasteiger partial charge is 0.340 e. The molecule has 0 radical (unpaired) electrons. The highest BCUT2D eigenvalue weighted by Gasteiger charge is 2.35. The third-order valence-corrected chi connectivity index (χ3v) is 5.89. The van der Waals surface area contributed by atoms with Crippen molar-refractivity contribution in [2.75, 3.05) is 0 Å². The fourth-order valence-electron chi connectivity index (χ4n) is 3.58. The Hall–Kier alpha value is -2.96. The minimum absolute atomic E-state index is 0.191. The number of hydrazone groups is 1. The molecule has 5 rings (SSSR count). The second-order valence-electron chi connectivity index (χ2n) is 7.07. The zero-order chi connectivity index (χ0) is 20.7. The molecule has 30 heavy (non-hydrogen) atoms. The normalized spacial score (nSPS) is 16.1. The second kappa shape index (κ2) is 7.70. The first kappa shape index (κ1) is 19.0. The number of imidazole rings is 1. The van der Waals surface area contributed by atoms with Gasteiger partial charge in [0.1, 0.15) is 11.9 Å². The number of fused-ring (bicyclic) bond motifs is 1. The summed E-state index contributed by atoms with van der Waals surface area (Å²) in [5.41, 5.74) is 4.15. The van der Waals surface area contributed by atoms with Crippen molar-refractivity contribution in [2.45, 2.75) is 12.5 Å². The zero-order valence-electron chi connectivity index (χ0n) is 15.7. The summed E-state index contributed by atoms with van der Waals surface area (Å²) in [5, 5.41) is 6.82. The van der Waals surface area contributed by atoms with Gasteiger partial charge in [-0.25, -0.2) is 9.99 Å². The molecule has 1 atom stereocenters. The number of nitrogens with zero attached hydrogens (tertiary/aromatic N) is 3. The number of aromatic nitrogens is 2. The Morgan fingerprint density at radius 2 is 1.77 bits per heavy atom. The molecule has 1 aliphatic heterocycles. The van der Waals surface area contributed by atoms with Crippen molar-refractivity contribution >= 4 is 50.2 Å². The number of amides is 1. The van der Waals surface area contributed by atoms with E-state index in [0.717, 1.165) is 32.6 Å². The van der Waals surface area contributed by atoms with E-state index in [1.165, 1.54) is 5.01 Å². The van der Waals surface area contributed by atoms with Crippen LogP contribution < -0.4 is 0 Å². The Morgan fingerprint density at radius 3 is 2.50 bits per heavy atom. The maximum Gasteiger partial charge on any atom is 0.274 e. The molecule has 0 fully saturated rings. The van der Waals surface area contributed by atoms with Gasteiger partial charge in [0.15, 0.2) is 0 Å². The van der Waals surface area contributed by atoms with E-state index >= 15 is 0 Å². The standard InChI is InChI=1S/C23H16BrClN4O/c24-16-9-5-14(6-10-16)20-13-21(22-26-18-3-1-2-4-19(18)27-22)29(28-20)23(30)15-7-11-17(25)12-8-15/h1-12,21H,13H2,(H,26,27)/t21-/m1/s1. The molecule has 148 valence electrons. The van der Waals surface area contributed by atoms with Crippen molar-refractivity contribution in [2.24, 2.45) is 5.10 Å². The number of benzene rings is 3. The average molecular weight is 480 g/mol. The lowest BCUT2D eigenvalue weighted by molar-refractivity contribution is 0.0705. The molecule has 0 unspecified atom stereocenters. The molecule has 1 amide bonds. The number of H-pyrrole nitrogens is 1. The van der Waals surface area contributed by atoms with Gasteiger partial charge in [-0.3, -0.25) is 4.79 Å². The van der Waals surface area contributed by atoms with Gasteiger partial charge in [0.2, 0.25) is 0 Å². The average Bonchev–Trinajstić information content (AvgIpc) is 3.39. The molecule has 7 heteroatoms. The molecule has 0 bridgehead atoms. The van der Waals surface area contributed by atoms with E-state index in [1.807, 2.05) is 48.5 Å². The van der Waals surface area contributed by atoms with Crippen LogP contribution in [0.2, 0.25) is 5.02 Å². The maximum atomic E-state index is 13.3. The number of nitrogens with one attached hydrogen (secondary N) is 1. The van der Waals surface area contributed by atoms with Gasteiger partial charge < -0.3 is 4.98 Å². The van der Waals surface area contributed by atoms with Crippen LogP contribution in [0, 0.1) is 0 Å². The smallest absolute Gasteiger partial charge is 0.274 e. The summed E-state index contributed by atoms with van der Waals surface area (Å²) in [6.45, 7) is 0. The lowest BCUT2D eigenvalue weighted by Crippen LogP contribution is -2.27. The topological polar surface area (TPSA) is 61.4 Å². The van der Waals surface area contributed by atoms with E-state index < -0.39 is 0 Å². The van der Waals surface area contributed by atoms with Gasteiger partial charge in [-0.2, -0.15) is 5.10 Å². The monoisotopic (exact) mass is 478 g/mol. The van der Waals surface area contributed by atoms with E-state index in [9.17, 15) is 4.79 Å². The summed E-state index contributed by atoms with van der Waals surface area (Å²) in [6, 6.07) is 22.3. The van der Waals surface area contributed by atoms with Crippen LogP contribution in [0.15, 0.2) is 82.4 Å². The van der Waals surface area contributed by atoms with Crippen LogP contribution in [0.1, 0.15) is 34.2 Å². The SMILES string of the molecule is O=C(c1ccc(Cl)cc1)N1N=C(c2ccc(Br)cc2)C[C@@H]1c1nc2ccccc2[nH]1. The molecule has 1 aliphatic rings. The van der Waals surface area contributed by atoms with Crippen LogP contribution in [-0.4, -0.2) is 26.6 Å². The van der Waals surface area contributed by atoms with Gasteiger partial charge in [-0.05, 0) is 54.1 Å². The number of carbonyl (C=O) groups excluding carboxylic acids is 1. The van der Waals surface area contributed by atoms with Crippen molar-refractivity contribution in [1.29, 1.82) is 0 Å². The molecule has 0 spiro atoms. The third-order valence-electron chi connectivity index (χ3n) is 5.11. The predicted octanol–water partition coefficient (Wildman–Crippen LogP) is 5.97. The number of hydrogen-bond donors (Lipinski definition) is 1. The number of hydrogen-bond acceptors (Lipinski definition) is 3. The summed E-state index contributed by atoms with van der Waals surface area (Å²) >= 11 is 9.45. The van der Waals surface area contributed by atoms with Crippen LogP contribution in [0.4, 0.5) is 0 Å². The highest BCUT2D eigenvalue weighted by molar-refractivity contribution is 9.10. The number of aromatic amines is 1. The molecule has 2 heterocycles. The highest BCUT2D eigenvalue weighted by atomic mass is 79.9. The number of carbonyl (C=O) groups is 1. The van der Waals surface area contributed by atoms with Gasteiger partial charge >= 0.3 is 0 Å². The summed E-state index contributed by atoms with van der Waals surface area (Å²) in [7, 11) is 0. The molecule has 0 saturated heterocycles. The molecule has 0 aliphatic carbocycles. The van der Waals surface area contributed by atoms with E-state index in [0.29, 0.717) is 17.0 Å². The molecule has 0 saturated carbocycles. The fraction of sp³-hybridized carbons (Fsp3) is 0.0870. The van der Waals surface area contributed by atoms with Crippen molar-refractivity contribution in [3.8, 4) is 0 Å². The van der Waals surface area contributed by atoms with Gasteiger partial charge in [0, 0.05) is 21.5 Å². The zero-order valence-corrected chi connectivity index (χ0v) is 18.1. The highest BCUT2D eigenvalue weighted by Crippen LogP contribution is 2.34. The van der Waals surface area contributed by atoms with Crippen molar-refractivity contribution in [3.63, 3.8) is 0 Å². The minimum atomic E-state index is -0.320. The summed E-state index contributed by atoms with van der Waals surface area (Å²) in [5.74, 6) is 0.526. The first-order valence-corrected chi connectivity index (χ1v) is 10.6. The molecular formula is C23H16BrClN4O.